The second-order valence-corrected chi connectivity index (χ2v) is 5.11. The third kappa shape index (κ3) is 2.38. The molecule has 2 N–H and O–H groups in total. The van der Waals surface area contributed by atoms with Crippen LogP contribution < -0.4 is 10.9 Å². The Morgan fingerprint density at radius 3 is 2.92 bits per heavy atom. The van der Waals surface area contributed by atoms with Crippen LogP contribution in [0, 0.1) is 0 Å². The van der Waals surface area contributed by atoms with Crippen LogP contribution in [0.1, 0.15) is 10.4 Å². The molecule has 0 unspecified atom stereocenters. The topological polar surface area (TPSA) is 92.4 Å². The summed E-state index contributed by atoms with van der Waals surface area (Å²) in [6.45, 7) is 0. The van der Waals surface area contributed by atoms with Crippen molar-refractivity contribution in [3.63, 3.8) is 0 Å². The highest BCUT2D eigenvalue weighted by atomic mass is 16.3. The van der Waals surface area contributed by atoms with Crippen molar-refractivity contribution in [2.75, 3.05) is 5.32 Å². The zero-order chi connectivity index (χ0) is 16.5. The van der Waals surface area contributed by atoms with Gasteiger partial charge >= 0.3 is 0 Å². The normalized spacial score (nSPS) is 10.8. The number of aromatic nitrogens is 3. The van der Waals surface area contributed by atoms with Gasteiger partial charge in [0.25, 0.3) is 5.91 Å². The second kappa shape index (κ2) is 5.54. The molecule has 0 atom stereocenters. The van der Waals surface area contributed by atoms with Gasteiger partial charge in [0.1, 0.15) is 17.2 Å². The van der Waals surface area contributed by atoms with Gasteiger partial charge in [0, 0.05) is 24.0 Å². The van der Waals surface area contributed by atoms with Crippen LogP contribution in [0.3, 0.4) is 0 Å². The Balaban J connectivity index is 1.82. The SMILES string of the molecule is O=C(Nc1c(-c2ccco2)nc2ccccn12)c1cc[nH]c(=O)c1. The summed E-state index contributed by atoms with van der Waals surface area (Å²) < 4.78 is 7.17. The molecule has 0 bridgehead atoms. The van der Waals surface area contributed by atoms with Gasteiger partial charge in [-0.25, -0.2) is 4.98 Å². The highest BCUT2D eigenvalue weighted by molar-refractivity contribution is 6.05. The molecule has 0 fully saturated rings. The van der Waals surface area contributed by atoms with E-state index in [1.54, 1.807) is 29.0 Å². The largest absolute Gasteiger partial charge is 0.463 e. The molecule has 0 aliphatic carbocycles. The third-order valence-electron chi connectivity index (χ3n) is 3.55. The highest BCUT2D eigenvalue weighted by Crippen LogP contribution is 2.29. The fourth-order valence-electron chi connectivity index (χ4n) is 2.47. The third-order valence-corrected chi connectivity index (χ3v) is 3.55. The number of furan rings is 1. The van der Waals surface area contributed by atoms with E-state index < -0.39 is 5.91 Å². The number of rotatable bonds is 3. The number of amides is 1. The molecule has 7 heteroatoms. The van der Waals surface area contributed by atoms with Crippen LogP contribution >= 0.6 is 0 Å². The summed E-state index contributed by atoms with van der Waals surface area (Å²) in [6.07, 6.45) is 4.77. The molecule has 24 heavy (non-hydrogen) atoms. The van der Waals surface area contributed by atoms with Crippen LogP contribution in [0.2, 0.25) is 0 Å². The number of aromatic amines is 1. The minimum absolute atomic E-state index is 0.259. The second-order valence-electron chi connectivity index (χ2n) is 5.11. The molecule has 0 spiro atoms. The molecule has 118 valence electrons. The lowest BCUT2D eigenvalue weighted by atomic mass is 10.2. The Kier molecular flexibility index (Phi) is 3.24. The number of H-pyrrole nitrogens is 1. The lowest BCUT2D eigenvalue weighted by Crippen LogP contribution is -2.17. The minimum atomic E-state index is -0.403. The Morgan fingerprint density at radius 2 is 2.12 bits per heavy atom. The van der Waals surface area contributed by atoms with Gasteiger partial charge in [-0.05, 0) is 30.3 Å². The number of pyridine rings is 2. The highest BCUT2D eigenvalue weighted by Gasteiger charge is 2.18. The van der Waals surface area contributed by atoms with Gasteiger partial charge in [-0.1, -0.05) is 6.07 Å². The van der Waals surface area contributed by atoms with Gasteiger partial charge in [0.2, 0.25) is 5.56 Å². The maximum Gasteiger partial charge on any atom is 0.257 e. The maximum atomic E-state index is 12.5. The summed E-state index contributed by atoms with van der Waals surface area (Å²) >= 11 is 0. The van der Waals surface area contributed by atoms with Gasteiger partial charge in [0.05, 0.1) is 6.26 Å². The van der Waals surface area contributed by atoms with Gasteiger partial charge in [-0.2, -0.15) is 0 Å². The fraction of sp³-hybridized carbons (Fsp3) is 0. The Labute approximate surface area is 135 Å². The van der Waals surface area contributed by atoms with Gasteiger partial charge < -0.3 is 14.7 Å². The van der Waals surface area contributed by atoms with E-state index in [0.717, 1.165) is 0 Å². The van der Waals surface area contributed by atoms with Crippen LogP contribution in [-0.4, -0.2) is 20.3 Å². The van der Waals surface area contributed by atoms with Crippen LogP contribution in [0.15, 0.2) is 70.3 Å². The zero-order valence-corrected chi connectivity index (χ0v) is 12.4. The molecule has 4 aromatic rings. The lowest BCUT2D eigenvalue weighted by molar-refractivity contribution is 0.102. The zero-order valence-electron chi connectivity index (χ0n) is 12.4. The molecule has 4 aromatic heterocycles. The van der Waals surface area contributed by atoms with E-state index in [9.17, 15) is 9.59 Å². The number of nitrogens with one attached hydrogen (secondary N) is 2. The van der Waals surface area contributed by atoms with Crippen molar-refractivity contribution in [1.29, 1.82) is 0 Å². The quantitative estimate of drug-likeness (QED) is 0.607. The first-order chi connectivity index (χ1) is 11.7. The van der Waals surface area contributed by atoms with E-state index in [0.29, 0.717) is 22.9 Å². The molecule has 0 aliphatic rings. The van der Waals surface area contributed by atoms with Gasteiger partial charge in [0.15, 0.2) is 5.76 Å². The average Bonchev–Trinajstić information content (AvgIpc) is 3.23. The summed E-state index contributed by atoms with van der Waals surface area (Å²) in [4.78, 5) is 30.9. The van der Waals surface area contributed by atoms with Crippen molar-refractivity contribution in [2.24, 2.45) is 0 Å². The van der Waals surface area contributed by atoms with E-state index in [2.05, 4.69) is 15.3 Å². The molecule has 7 nitrogen and oxygen atoms in total. The molecule has 0 aromatic carbocycles. The molecule has 0 aliphatic heterocycles. The van der Waals surface area contributed by atoms with E-state index in [1.807, 2.05) is 18.2 Å². The number of anilines is 1. The van der Waals surface area contributed by atoms with E-state index >= 15 is 0 Å². The molecular weight excluding hydrogens is 308 g/mol. The first-order valence-electron chi connectivity index (χ1n) is 7.23. The predicted molar refractivity (Wildman–Crippen MR) is 87.9 cm³/mol. The van der Waals surface area contributed by atoms with Crippen molar-refractivity contribution in [3.8, 4) is 11.5 Å². The molecule has 4 heterocycles. The van der Waals surface area contributed by atoms with Crippen LogP contribution in [0.25, 0.3) is 17.1 Å². The van der Waals surface area contributed by atoms with Gasteiger partial charge in [-0.15, -0.1) is 0 Å². The Bertz CT molecular complexity index is 1080. The Hall–Kier alpha value is -3.61. The van der Waals surface area contributed by atoms with E-state index in [-0.39, 0.29) is 11.1 Å². The molecule has 0 saturated carbocycles. The number of hydrogen-bond acceptors (Lipinski definition) is 4. The maximum absolute atomic E-state index is 12.5. The summed E-state index contributed by atoms with van der Waals surface area (Å²) in [5.74, 6) is 0.616. The summed E-state index contributed by atoms with van der Waals surface area (Å²) in [5, 5.41) is 2.81. The standard InChI is InChI=1S/C17H12N4O3/c22-14-10-11(6-7-18-14)17(23)20-16-15(12-4-3-9-24-12)19-13-5-1-2-8-21(13)16/h1-10H,(H,18,22)(H,20,23). The smallest absolute Gasteiger partial charge is 0.257 e. The summed E-state index contributed by atoms with van der Waals surface area (Å²) in [5.41, 5.74) is 1.11. The van der Waals surface area contributed by atoms with E-state index in [1.165, 1.54) is 18.3 Å². The van der Waals surface area contributed by atoms with Gasteiger partial charge in [-0.3, -0.25) is 14.0 Å². The lowest BCUT2D eigenvalue weighted by Gasteiger charge is -2.06. The summed E-state index contributed by atoms with van der Waals surface area (Å²) in [6, 6.07) is 11.8. The molecular formula is C17H12N4O3. The fourth-order valence-corrected chi connectivity index (χ4v) is 2.47. The van der Waals surface area contributed by atoms with Crippen LogP contribution in [0.5, 0.6) is 0 Å². The number of carbonyl (C=O) groups excluding carboxylic acids is 1. The molecule has 1 amide bonds. The molecule has 4 rings (SSSR count). The first-order valence-corrected chi connectivity index (χ1v) is 7.23. The average molecular weight is 320 g/mol. The number of nitrogens with zero attached hydrogens (tertiary/aromatic N) is 2. The number of fused-ring (bicyclic) bond motifs is 1. The number of carbonyl (C=O) groups is 1. The van der Waals surface area contributed by atoms with Crippen LogP contribution in [0.4, 0.5) is 5.82 Å². The van der Waals surface area contributed by atoms with E-state index in [4.69, 9.17) is 4.42 Å². The molecule has 0 radical (unpaired) electrons. The van der Waals surface area contributed by atoms with Crippen molar-refractivity contribution in [3.05, 3.63) is 77.0 Å². The Morgan fingerprint density at radius 1 is 1.21 bits per heavy atom. The van der Waals surface area contributed by atoms with Crippen molar-refractivity contribution < 1.29 is 9.21 Å². The number of hydrogen-bond donors (Lipinski definition) is 2. The van der Waals surface area contributed by atoms with Crippen molar-refractivity contribution in [1.82, 2.24) is 14.4 Å². The number of imidazole rings is 1. The summed E-state index contributed by atoms with van der Waals surface area (Å²) in [7, 11) is 0. The molecule has 0 saturated heterocycles. The van der Waals surface area contributed by atoms with Crippen molar-refractivity contribution in [2.45, 2.75) is 0 Å². The van der Waals surface area contributed by atoms with Crippen molar-refractivity contribution >= 4 is 17.4 Å². The first kappa shape index (κ1) is 14.0. The van der Waals surface area contributed by atoms with Crippen LogP contribution in [-0.2, 0) is 0 Å². The predicted octanol–water partition coefficient (Wildman–Crippen LogP) is 2.53. The monoisotopic (exact) mass is 320 g/mol. The minimum Gasteiger partial charge on any atom is -0.463 e.